The van der Waals surface area contributed by atoms with Crippen LogP contribution in [0.5, 0.6) is 0 Å². The van der Waals surface area contributed by atoms with E-state index in [1.165, 1.54) is 12.1 Å². The summed E-state index contributed by atoms with van der Waals surface area (Å²) in [5, 5.41) is 15.2. The third-order valence-corrected chi connectivity index (χ3v) is 7.69. The molecule has 3 unspecified atom stereocenters. The van der Waals surface area contributed by atoms with Gasteiger partial charge in [0.1, 0.15) is 5.82 Å². The first-order valence-corrected chi connectivity index (χ1v) is 14.4. The summed E-state index contributed by atoms with van der Waals surface area (Å²) in [4.78, 5) is 22.2. The Morgan fingerprint density at radius 1 is 1.24 bits per heavy atom. The number of aliphatic hydroxyl groups excluding tert-OH is 1. The van der Waals surface area contributed by atoms with E-state index < -0.39 is 16.1 Å². The van der Waals surface area contributed by atoms with Crippen molar-refractivity contribution < 1.29 is 18.3 Å². The van der Waals surface area contributed by atoms with Crippen molar-refractivity contribution in [1.29, 1.82) is 0 Å². The van der Waals surface area contributed by atoms with Gasteiger partial charge >= 0.3 is 0 Å². The predicted octanol–water partition coefficient (Wildman–Crippen LogP) is 1.94. The average molecular weight is 548 g/mol. The number of halogens is 1. The van der Waals surface area contributed by atoms with E-state index in [1.54, 1.807) is 15.5 Å². The minimum atomic E-state index is -3.60. The molecule has 0 bridgehead atoms. The van der Waals surface area contributed by atoms with Gasteiger partial charge in [-0.2, -0.15) is 5.10 Å². The number of rotatable bonds is 5. The summed E-state index contributed by atoms with van der Waals surface area (Å²) < 4.78 is 27.9. The number of fused-ring (bicyclic) bond motifs is 1. The quantitative estimate of drug-likeness (QED) is 0.439. The highest BCUT2D eigenvalue weighted by atomic mass is 35.5. The number of hydrogen-bond acceptors (Lipinski definition) is 8. The molecule has 0 aliphatic carbocycles. The number of piperidine rings is 1. The number of amides is 1. The van der Waals surface area contributed by atoms with E-state index in [-0.39, 0.29) is 29.2 Å². The van der Waals surface area contributed by atoms with Gasteiger partial charge in [-0.1, -0.05) is 11.6 Å². The van der Waals surface area contributed by atoms with Gasteiger partial charge in [-0.15, -0.1) is 0 Å². The number of anilines is 2. The molecule has 1 amide bonds. The number of benzene rings is 1. The number of nitrogens with one attached hydrogen (secondary N) is 1. The number of likely N-dealkylation sites (tertiary alicyclic amines) is 1. The van der Waals surface area contributed by atoms with E-state index in [2.05, 4.69) is 4.72 Å². The molecule has 11 nitrogen and oxygen atoms in total. The van der Waals surface area contributed by atoms with Crippen LogP contribution in [0, 0.1) is 6.92 Å². The third kappa shape index (κ3) is 5.24. The SMILES string of the molecule is Cc1cn2nc(C3CCCCN3C(=O)c3cc(Cl)ccc3NS(C)(=O)=O)cc2nc1N1CC(N)C(O)C1. The maximum absolute atomic E-state index is 13.7. The van der Waals surface area contributed by atoms with E-state index in [1.807, 2.05) is 24.1 Å². The maximum Gasteiger partial charge on any atom is 0.256 e. The molecule has 2 fully saturated rings. The van der Waals surface area contributed by atoms with Crippen LogP contribution in [-0.4, -0.2) is 77.0 Å². The molecule has 5 rings (SSSR count). The molecule has 0 saturated carbocycles. The van der Waals surface area contributed by atoms with E-state index in [9.17, 15) is 18.3 Å². The first-order chi connectivity index (χ1) is 17.5. The highest BCUT2D eigenvalue weighted by molar-refractivity contribution is 7.92. The zero-order chi connectivity index (χ0) is 26.5. The molecule has 2 aliphatic heterocycles. The van der Waals surface area contributed by atoms with Gasteiger partial charge in [0.2, 0.25) is 10.0 Å². The Morgan fingerprint density at radius 2 is 2.03 bits per heavy atom. The van der Waals surface area contributed by atoms with Crippen LogP contribution in [0.4, 0.5) is 11.5 Å². The normalized spacial score (nSPS) is 22.6. The lowest BCUT2D eigenvalue weighted by Crippen LogP contribution is -2.39. The largest absolute Gasteiger partial charge is 0.390 e. The Morgan fingerprint density at radius 3 is 2.73 bits per heavy atom. The van der Waals surface area contributed by atoms with Gasteiger partial charge in [0, 0.05) is 48.5 Å². The van der Waals surface area contributed by atoms with E-state index in [0.717, 1.165) is 30.5 Å². The van der Waals surface area contributed by atoms with Crippen molar-refractivity contribution >= 4 is 44.7 Å². The number of hydrogen-bond donors (Lipinski definition) is 3. The summed E-state index contributed by atoms with van der Waals surface area (Å²) in [6, 6.07) is 5.76. The Labute approximate surface area is 220 Å². The van der Waals surface area contributed by atoms with Crippen LogP contribution in [0.2, 0.25) is 5.02 Å². The van der Waals surface area contributed by atoms with Gasteiger partial charge in [0.25, 0.3) is 5.91 Å². The Kier molecular flexibility index (Phi) is 6.77. The molecule has 3 aromatic rings. The van der Waals surface area contributed by atoms with Crippen molar-refractivity contribution in [1.82, 2.24) is 19.5 Å². The number of nitrogens with two attached hydrogens (primary N) is 1. The second kappa shape index (κ2) is 9.75. The molecule has 1 aromatic carbocycles. The third-order valence-electron chi connectivity index (χ3n) is 6.87. The fourth-order valence-corrected chi connectivity index (χ4v) is 5.86. The van der Waals surface area contributed by atoms with Gasteiger partial charge in [0.15, 0.2) is 5.65 Å². The van der Waals surface area contributed by atoms with Gasteiger partial charge in [0.05, 0.1) is 35.3 Å². The standard InChI is InChI=1S/C24H30ClN7O4S/c1-14-11-32-22(27-23(14)30-12-17(26)21(33)13-30)10-19(28-32)20-5-3-4-8-31(20)24(34)16-9-15(25)6-7-18(16)29-37(2,35)36/h6-7,9-11,17,20-21,29,33H,3-5,8,12-13,26H2,1-2H3. The molecule has 2 aliphatic rings. The second-order valence-electron chi connectivity index (χ2n) is 9.83. The molecule has 0 radical (unpaired) electrons. The number of carbonyl (C=O) groups is 1. The zero-order valence-corrected chi connectivity index (χ0v) is 22.2. The lowest BCUT2D eigenvalue weighted by molar-refractivity contribution is 0.0607. The van der Waals surface area contributed by atoms with Crippen LogP contribution in [-0.2, 0) is 10.0 Å². The molecule has 4 N–H and O–H groups in total. The summed E-state index contributed by atoms with van der Waals surface area (Å²) in [5.74, 6) is 0.429. The van der Waals surface area contributed by atoms with E-state index in [4.69, 9.17) is 27.4 Å². The minimum Gasteiger partial charge on any atom is -0.390 e. The number of β-amino-alcohol motifs (C(OH)–C–C–N with tert-alkyl or cyclic N) is 1. The molecule has 2 saturated heterocycles. The first-order valence-electron chi connectivity index (χ1n) is 12.1. The van der Waals surface area contributed by atoms with E-state index in [0.29, 0.717) is 42.4 Å². The summed E-state index contributed by atoms with van der Waals surface area (Å²) >= 11 is 6.18. The van der Waals surface area contributed by atoms with E-state index >= 15 is 0 Å². The number of aryl methyl sites for hydroxylation is 1. The second-order valence-corrected chi connectivity index (χ2v) is 12.0. The minimum absolute atomic E-state index is 0.184. The van der Waals surface area contributed by atoms with Crippen molar-refractivity contribution in [3.8, 4) is 0 Å². The number of aliphatic hydroxyl groups is 1. The highest BCUT2D eigenvalue weighted by Gasteiger charge is 2.33. The summed E-state index contributed by atoms with van der Waals surface area (Å²) in [6.45, 7) is 3.37. The molecule has 37 heavy (non-hydrogen) atoms. The molecule has 4 heterocycles. The van der Waals surface area contributed by atoms with Gasteiger partial charge < -0.3 is 20.6 Å². The summed E-state index contributed by atoms with van der Waals surface area (Å²) in [6.07, 6.45) is 4.78. The predicted molar refractivity (Wildman–Crippen MR) is 141 cm³/mol. The first kappa shape index (κ1) is 25.7. The number of aromatic nitrogens is 3. The fourth-order valence-electron chi connectivity index (χ4n) is 5.11. The smallest absolute Gasteiger partial charge is 0.256 e. The molecule has 198 valence electrons. The maximum atomic E-state index is 13.7. The highest BCUT2D eigenvalue weighted by Crippen LogP contribution is 2.34. The Balaban J connectivity index is 1.48. The zero-order valence-electron chi connectivity index (χ0n) is 20.6. The van der Waals surface area contributed by atoms with Crippen LogP contribution < -0.4 is 15.4 Å². The molecular formula is C24H30ClN7O4S. The Hall–Kier alpha value is -2.93. The van der Waals surface area contributed by atoms with Crippen molar-refractivity contribution in [3.63, 3.8) is 0 Å². The van der Waals surface area contributed by atoms with Gasteiger partial charge in [-0.05, 0) is 44.4 Å². The van der Waals surface area contributed by atoms with Crippen LogP contribution in [0.25, 0.3) is 5.65 Å². The topological polar surface area (TPSA) is 146 Å². The van der Waals surface area contributed by atoms with Crippen LogP contribution >= 0.6 is 11.6 Å². The molecule has 3 atom stereocenters. The van der Waals surface area contributed by atoms with Crippen LogP contribution in [0.3, 0.4) is 0 Å². The monoisotopic (exact) mass is 547 g/mol. The summed E-state index contributed by atoms with van der Waals surface area (Å²) in [7, 11) is -3.60. The van der Waals surface area contributed by atoms with Crippen LogP contribution in [0.1, 0.15) is 46.9 Å². The molecule has 2 aromatic heterocycles. The lowest BCUT2D eigenvalue weighted by Gasteiger charge is -2.35. The number of sulfonamides is 1. The van der Waals surface area contributed by atoms with Gasteiger partial charge in [-0.25, -0.2) is 17.9 Å². The number of carbonyl (C=O) groups excluding carboxylic acids is 1. The fraction of sp³-hybridized carbons (Fsp3) is 0.458. The van der Waals surface area contributed by atoms with Crippen LogP contribution in [0.15, 0.2) is 30.5 Å². The summed E-state index contributed by atoms with van der Waals surface area (Å²) in [5.41, 5.74) is 8.60. The Bertz CT molecular complexity index is 1450. The van der Waals surface area contributed by atoms with Gasteiger partial charge in [-0.3, -0.25) is 9.52 Å². The molecule has 0 spiro atoms. The number of nitrogens with zero attached hydrogens (tertiary/aromatic N) is 5. The molecular weight excluding hydrogens is 518 g/mol. The molecule has 13 heteroatoms. The van der Waals surface area contributed by atoms with Crippen molar-refractivity contribution in [2.45, 2.75) is 44.4 Å². The average Bonchev–Trinajstić information content (AvgIpc) is 3.40. The van der Waals surface area contributed by atoms with Crippen molar-refractivity contribution in [2.75, 3.05) is 35.5 Å². The van der Waals surface area contributed by atoms with Crippen molar-refractivity contribution in [2.24, 2.45) is 5.73 Å². The lowest BCUT2D eigenvalue weighted by atomic mass is 9.98. The van der Waals surface area contributed by atoms with Crippen molar-refractivity contribution in [3.05, 3.63) is 52.3 Å².